The van der Waals surface area contributed by atoms with Crippen LogP contribution in [-0.2, 0) is 4.79 Å². The van der Waals surface area contributed by atoms with E-state index < -0.39 is 0 Å². The van der Waals surface area contributed by atoms with Crippen molar-refractivity contribution in [3.05, 3.63) is 0 Å². The summed E-state index contributed by atoms with van der Waals surface area (Å²) in [4.78, 5) is 12.2. The van der Waals surface area contributed by atoms with Crippen LogP contribution in [0.4, 0.5) is 0 Å². The number of hydrogen-bond donors (Lipinski definition) is 2. The van der Waals surface area contributed by atoms with Crippen LogP contribution in [0.25, 0.3) is 0 Å². The van der Waals surface area contributed by atoms with Gasteiger partial charge in [-0.1, -0.05) is 6.42 Å². The number of hydrogen-bond acceptors (Lipinski definition) is 3. The number of hydroxylamine groups is 2. The monoisotopic (exact) mass is 268 g/mol. The quantitative estimate of drug-likeness (QED) is 0.768. The number of carbonyl (C=O) groups is 1. The van der Waals surface area contributed by atoms with Gasteiger partial charge in [0.15, 0.2) is 0 Å². The maximum absolute atomic E-state index is 12.2. The smallest absolute Gasteiger partial charge is 0.223 e. The summed E-state index contributed by atoms with van der Waals surface area (Å²) < 4.78 is 0. The number of nitrogens with one attached hydrogen (secondary N) is 1. The lowest BCUT2D eigenvalue weighted by atomic mass is 9.69. The van der Waals surface area contributed by atoms with Crippen LogP contribution in [-0.4, -0.2) is 33.8 Å². The summed E-state index contributed by atoms with van der Waals surface area (Å²) in [5, 5.41) is 14.9. The maximum atomic E-state index is 12.2. The Morgan fingerprint density at radius 1 is 1.16 bits per heavy atom. The molecule has 2 saturated heterocycles. The Kier molecular flexibility index (Phi) is 3.94. The van der Waals surface area contributed by atoms with Gasteiger partial charge in [0.2, 0.25) is 5.91 Å². The van der Waals surface area contributed by atoms with Crippen LogP contribution >= 0.6 is 0 Å². The molecule has 2 N–H and O–H groups in total. The molecule has 110 valence electrons. The highest BCUT2D eigenvalue weighted by atomic mass is 16.5. The first-order chi connectivity index (χ1) is 8.74. The maximum Gasteiger partial charge on any atom is 0.223 e. The average molecular weight is 268 g/mol. The molecule has 1 amide bonds. The third-order valence-electron chi connectivity index (χ3n) is 4.82. The Hall–Kier alpha value is -0.610. The minimum absolute atomic E-state index is 0.120. The fourth-order valence-electron chi connectivity index (χ4n) is 4.05. The normalized spacial score (nSPS) is 32.7. The van der Waals surface area contributed by atoms with Crippen molar-refractivity contribution in [3.63, 3.8) is 0 Å². The van der Waals surface area contributed by atoms with Crippen molar-refractivity contribution < 1.29 is 10.0 Å². The van der Waals surface area contributed by atoms with E-state index in [1.807, 2.05) is 0 Å². The lowest BCUT2D eigenvalue weighted by Crippen LogP contribution is -2.60. The molecule has 1 unspecified atom stereocenters. The van der Waals surface area contributed by atoms with Gasteiger partial charge in [-0.15, -0.1) is 0 Å². The standard InChI is InChI=1S/C15H28N2O2/c1-14(2)9-11(10-15(3,4)17(14)19)12-7-5-6-8-16-13(12)18/h11-12,19H,5-10H2,1-4H3,(H,16,18). The number of piperidine rings is 1. The molecule has 2 aliphatic heterocycles. The van der Waals surface area contributed by atoms with E-state index >= 15 is 0 Å². The fraction of sp³-hybridized carbons (Fsp3) is 0.933. The average Bonchev–Trinajstić information content (AvgIpc) is 2.50. The SMILES string of the molecule is CC1(C)CC(C2CCCCNC2=O)CC(C)(C)N1O. The van der Waals surface area contributed by atoms with E-state index in [4.69, 9.17) is 0 Å². The van der Waals surface area contributed by atoms with E-state index in [0.717, 1.165) is 38.6 Å². The van der Waals surface area contributed by atoms with Gasteiger partial charge in [0.05, 0.1) is 0 Å². The number of nitrogens with zero attached hydrogens (tertiary/aromatic N) is 1. The molecule has 0 saturated carbocycles. The second-order valence-electron chi connectivity index (χ2n) is 7.50. The van der Waals surface area contributed by atoms with Gasteiger partial charge in [-0.05, 0) is 59.3 Å². The lowest BCUT2D eigenvalue weighted by Gasteiger charge is -2.52. The zero-order valence-corrected chi connectivity index (χ0v) is 12.7. The summed E-state index contributed by atoms with van der Waals surface area (Å²) in [5.41, 5.74) is -0.530. The van der Waals surface area contributed by atoms with Crippen molar-refractivity contribution in [1.29, 1.82) is 0 Å². The van der Waals surface area contributed by atoms with E-state index in [1.165, 1.54) is 5.06 Å². The van der Waals surface area contributed by atoms with Crippen LogP contribution in [0.1, 0.15) is 59.8 Å². The predicted molar refractivity (Wildman–Crippen MR) is 74.9 cm³/mol. The van der Waals surface area contributed by atoms with E-state index in [0.29, 0.717) is 5.92 Å². The van der Waals surface area contributed by atoms with Crippen LogP contribution in [0, 0.1) is 11.8 Å². The van der Waals surface area contributed by atoms with E-state index in [9.17, 15) is 10.0 Å². The zero-order chi connectivity index (χ0) is 14.3. The first kappa shape index (κ1) is 14.8. The molecule has 2 fully saturated rings. The van der Waals surface area contributed by atoms with Crippen molar-refractivity contribution in [2.24, 2.45) is 11.8 Å². The molecule has 0 spiro atoms. The Morgan fingerprint density at radius 3 is 2.32 bits per heavy atom. The van der Waals surface area contributed by atoms with Crippen molar-refractivity contribution in [1.82, 2.24) is 10.4 Å². The molecule has 0 aromatic rings. The van der Waals surface area contributed by atoms with Crippen LogP contribution < -0.4 is 5.32 Å². The van der Waals surface area contributed by atoms with Gasteiger partial charge in [-0.2, -0.15) is 5.06 Å². The van der Waals surface area contributed by atoms with Crippen molar-refractivity contribution in [3.8, 4) is 0 Å². The first-order valence-corrected chi connectivity index (χ1v) is 7.51. The van der Waals surface area contributed by atoms with Gasteiger partial charge in [0.1, 0.15) is 0 Å². The number of carbonyl (C=O) groups excluding carboxylic acids is 1. The van der Waals surface area contributed by atoms with Crippen LogP contribution in [0.2, 0.25) is 0 Å². The Morgan fingerprint density at radius 2 is 1.74 bits per heavy atom. The Bertz CT molecular complexity index is 334. The van der Waals surface area contributed by atoms with Crippen LogP contribution in [0.5, 0.6) is 0 Å². The van der Waals surface area contributed by atoms with E-state index in [2.05, 4.69) is 33.0 Å². The van der Waals surface area contributed by atoms with Gasteiger partial charge in [0.25, 0.3) is 0 Å². The van der Waals surface area contributed by atoms with Crippen LogP contribution in [0.15, 0.2) is 0 Å². The van der Waals surface area contributed by atoms with E-state index in [-0.39, 0.29) is 22.9 Å². The molecule has 0 aromatic heterocycles. The molecule has 4 nitrogen and oxygen atoms in total. The van der Waals surface area contributed by atoms with Crippen molar-refractivity contribution >= 4 is 5.91 Å². The summed E-state index contributed by atoms with van der Waals surface area (Å²) in [6.07, 6.45) is 4.97. The molecule has 0 aliphatic carbocycles. The molecule has 19 heavy (non-hydrogen) atoms. The number of rotatable bonds is 1. The predicted octanol–water partition coefficient (Wildman–Crippen LogP) is 2.56. The lowest BCUT2D eigenvalue weighted by molar-refractivity contribution is -0.253. The Labute approximate surface area is 116 Å². The fourth-order valence-corrected chi connectivity index (χ4v) is 4.05. The largest absolute Gasteiger partial charge is 0.356 e. The molecule has 4 heteroatoms. The summed E-state index contributed by atoms with van der Waals surface area (Å²) >= 11 is 0. The highest BCUT2D eigenvalue weighted by Crippen LogP contribution is 2.44. The molecule has 2 aliphatic rings. The van der Waals surface area contributed by atoms with Gasteiger partial charge < -0.3 is 10.5 Å². The van der Waals surface area contributed by atoms with Crippen molar-refractivity contribution in [2.45, 2.75) is 70.9 Å². The van der Waals surface area contributed by atoms with Gasteiger partial charge in [0, 0.05) is 23.5 Å². The second kappa shape index (κ2) is 5.06. The summed E-state index contributed by atoms with van der Waals surface area (Å²) in [7, 11) is 0. The Balaban J connectivity index is 2.18. The number of amides is 1. The topological polar surface area (TPSA) is 52.6 Å². The first-order valence-electron chi connectivity index (χ1n) is 7.51. The third kappa shape index (κ3) is 2.95. The molecule has 2 rings (SSSR count). The van der Waals surface area contributed by atoms with Crippen molar-refractivity contribution in [2.75, 3.05) is 6.54 Å². The third-order valence-corrected chi connectivity index (χ3v) is 4.82. The molecular weight excluding hydrogens is 240 g/mol. The summed E-state index contributed by atoms with van der Waals surface area (Å²) in [6.45, 7) is 9.08. The molecule has 0 bridgehead atoms. The van der Waals surface area contributed by atoms with Crippen LogP contribution in [0.3, 0.4) is 0 Å². The zero-order valence-electron chi connectivity index (χ0n) is 12.7. The molecule has 1 atom stereocenters. The highest BCUT2D eigenvalue weighted by Gasteiger charge is 2.48. The van der Waals surface area contributed by atoms with E-state index in [1.54, 1.807) is 0 Å². The summed E-state index contributed by atoms with van der Waals surface area (Å²) in [6, 6.07) is 0. The highest BCUT2D eigenvalue weighted by molar-refractivity contribution is 5.79. The molecule has 2 heterocycles. The summed E-state index contributed by atoms with van der Waals surface area (Å²) in [5.74, 6) is 0.710. The minimum Gasteiger partial charge on any atom is -0.356 e. The molecular formula is C15H28N2O2. The minimum atomic E-state index is -0.265. The second-order valence-corrected chi connectivity index (χ2v) is 7.50. The molecule has 0 radical (unpaired) electrons. The van der Waals surface area contributed by atoms with Gasteiger partial charge >= 0.3 is 0 Å². The molecule has 0 aromatic carbocycles. The van der Waals surface area contributed by atoms with Gasteiger partial charge in [-0.25, -0.2) is 0 Å². The van der Waals surface area contributed by atoms with Gasteiger partial charge in [-0.3, -0.25) is 4.79 Å².